The first-order chi connectivity index (χ1) is 10.6. The maximum atomic E-state index is 11.9. The van der Waals surface area contributed by atoms with Crippen LogP contribution >= 0.6 is 22.9 Å². The summed E-state index contributed by atoms with van der Waals surface area (Å²) in [7, 11) is 3.89. The Bertz CT molecular complexity index is 779. The van der Waals surface area contributed by atoms with Gasteiger partial charge < -0.3 is 9.74 Å². The van der Waals surface area contributed by atoms with Gasteiger partial charge in [-0.2, -0.15) is 0 Å². The minimum absolute atomic E-state index is 0.418. The molecule has 3 rings (SSSR count). The summed E-state index contributed by atoms with van der Waals surface area (Å²) in [4.78, 5) is 19.6. The van der Waals surface area contributed by atoms with Crippen LogP contribution in [0.3, 0.4) is 0 Å². The number of hydrogen-bond donors (Lipinski definition) is 0. The lowest BCUT2D eigenvalue weighted by atomic mass is 10.1. The van der Waals surface area contributed by atoms with Crippen molar-refractivity contribution in [2.45, 2.75) is 0 Å². The second-order valence-electron chi connectivity index (χ2n) is 4.95. The third-order valence-electron chi connectivity index (χ3n) is 3.25. The van der Waals surface area contributed by atoms with E-state index >= 15 is 0 Å². The zero-order valence-electron chi connectivity index (χ0n) is 12.0. The molecule has 2 aromatic rings. The maximum absolute atomic E-state index is 11.9. The van der Waals surface area contributed by atoms with Crippen molar-refractivity contribution < 1.29 is 9.63 Å². The van der Waals surface area contributed by atoms with Gasteiger partial charge in [0, 0.05) is 24.8 Å². The van der Waals surface area contributed by atoms with Gasteiger partial charge in [-0.05, 0) is 35.2 Å². The molecule has 0 amide bonds. The summed E-state index contributed by atoms with van der Waals surface area (Å²) >= 11 is 7.82. The molecule has 0 radical (unpaired) electrons. The van der Waals surface area contributed by atoms with Crippen molar-refractivity contribution in [1.82, 2.24) is 0 Å². The van der Waals surface area contributed by atoms with Gasteiger partial charge in [0.1, 0.15) is 5.71 Å². The number of halogens is 1. The second-order valence-corrected chi connectivity index (χ2v) is 6.31. The number of nitrogens with zero attached hydrogens (tertiary/aromatic N) is 2. The van der Waals surface area contributed by atoms with Crippen molar-refractivity contribution in [3.05, 3.63) is 56.7 Å². The highest BCUT2D eigenvalue weighted by atomic mass is 35.5. The third kappa shape index (κ3) is 2.77. The summed E-state index contributed by atoms with van der Waals surface area (Å²) in [5, 5.41) is 6.37. The summed E-state index contributed by atoms with van der Waals surface area (Å²) in [6.07, 6.45) is 1.72. The predicted molar refractivity (Wildman–Crippen MR) is 90.7 cm³/mol. The summed E-state index contributed by atoms with van der Waals surface area (Å²) in [5.74, 6) is -0.462. The fraction of sp³-hybridized carbons (Fsp3) is 0.125. The van der Waals surface area contributed by atoms with Gasteiger partial charge in [0.2, 0.25) is 0 Å². The fourth-order valence-corrected chi connectivity index (χ4v) is 3.02. The Hall–Kier alpha value is -2.11. The molecule has 0 fully saturated rings. The molecule has 0 saturated heterocycles. The smallest absolute Gasteiger partial charge is 0.368 e. The average Bonchev–Trinajstić information content (AvgIpc) is 3.11. The predicted octanol–water partition coefficient (Wildman–Crippen LogP) is 3.81. The van der Waals surface area contributed by atoms with Crippen LogP contribution in [0.15, 0.2) is 46.4 Å². The van der Waals surface area contributed by atoms with Gasteiger partial charge in [0.05, 0.1) is 10.5 Å². The van der Waals surface area contributed by atoms with Crippen molar-refractivity contribution in [3.63, 3.8) is 0 Å². The highest BCUT2D eigenvalue weighted by Crippen LogP contribution is 2.28. The number of hydrogen-bond acceptors (Lipinski definition) is 5. The zero-order chi connectivity index (χ0) is 15.7. The molecular weight excluding hydrogens is 320 g/mol. The van der Waals surface area contributed by atoms with Gasteiger partial charge in [-0.3, -0.25) is 0 Å². The number of thiophene rings is 1. The molecular formula is C16H13ClN2O2S. The number of rotatable bonds is 3. The highest BCUT2D eigenvalue weighted by Gasteiger charge is 2.27. The first-order valence-electron chi connectivity index (χ1n) is 6.58. The van der Waals surface area contributed by atoms with Crippen LogP contribution in [0.1, 0.15) is 10.4 Å². The van der Waals surface area contributed by atoms with Crippen molar-refractivity contribution in [3.8, 4) is 0 Å². The van der Waals surface area contributed by atoms with Gasteiger partial charge in [-0.25, -0.2) is 4.79 Å². The molecule has 0 atom stereocenters. The van der Waals surface area contributed by atoms with Crippen molar-refractivity contribution in [2.75, 3.05) is 19.0 Å². The van der Waals surface area contributed by atoms with Gasteiger partial charge in [-0.1, -0.05) is 28.9 Å². The van der Waals surface area contributed by atoms with Crippen LogP contribution < -0.4 is 4.90 Å². The quantitative estimate of drug-likeness (QED) is 0.634. The number of carbonyl (C=O) groups excluding carboxylic acids is 1. The van der Waals surface area contributed by atoms with E-state index in [9.17, 15) is 4.79 Å². The van der Waals surface area contributed by atoms with Gasteiger partial charge in [0.15, 0.2) is 0 Å². The Labute approximate surface area is 137 Å². The van der Waals surface area contributed by atoms with E-state index in [4.69, 9.17) is 16.4 Å². The van der Waals surface area contributed by atoms with Crippen LogP contribution in [-0.2, 0) is 9.63 Å². The van der Waals surface area contributed by atoms with E-state index in [0.717, 1.165) is 16.1 Å². The third-order valence-corrected chi connectivity index (χ3v) is 4.45. The summed E-state index contributed by atoms with van der Waals surface area (Å²) in [5.41, 5.74) is 2.72. The first-order valence-corrected chi connectivity index (χ1v) is 7.84. The minimum atomic E-state index is -0.462. The fourth-order valence-electron chi connectivity index (χ4n) is 2.07. The lowest BCUT2D eigenvalue weighted by Gasteiger charge is -2.13. The standard InChI is InChI=1S/C16H13ClN2O2S/c1-19(2)11-6-5-10(13(17)9-11)8-12-15(18-21-16(12)20)14-4-3-7-22-14/h3-9H,1-2H3/b12-8+. The van der Waals surface area contributed by atoms with Crippen molar-refractivity contribution >= 4 is 46.4 Å². The Kier molecular flexibility index (Phi) is 4.00. The number of anilines is 1. The number of benzene rings is 1. The molecule has 4 nitrogen and oxygen atoms in total. The van der Waals surface area contributed by atoms with E-state index in [1.165, 1.54) is 11.3 Å². The molecule has 22 heavy (non-hydrogen) atoms. The molecule has 0 N–H and O–H groups in total. The van der Waals surface area contributed by atoms with Crippen LogP contribution in [0.2, 0.25) is 5.02 Å². The van der Waals surface area contributed by atoms with E-state index in [-0.39, 0.29) is 0 Å². The van der Waals surface area contributed by atoms with Crippen LogP contribution in [0, 0.1) is 0 Å². The molecule has 1 aliphatic heterocycles. The minimum Gasteiger partial charge on any atom is -0.378 e. The number of carbonyl (C=O) groups is 1. The molecule has 0 saturated carbocycles. The van der Waals surface area contributed by atoms with Gasteiger partial charge in [-0.15, -0.1) is 11.3 Å². The van der Waals surface area contributed by atoms with E-state index in [2.05, 4.69) is 5.16 Å². The molecule has 2 heterocycles. The van der Waals surface area contributed by atoms with Gasteiger partial charge >= 0.3 is 5.97 Å². The summed E-state index contributed by atoms with van der Waals surface area (Å²) in [6.45, 7) is 0. The van der Waals surface area contributed by atoms with Crippen molar-refractivity contribution in [1.29, 1.82) is 0 Å². The van der Waals surface area contributed by atoms with Crippen molar-refractivity contribution in [2.24, 2.45) is 5.16 Å². The van der Waals surface area contributed by atoms with E-state index in [0.29, 0.717) is 16.3 Å². The van der Waals surface area contributed by atoms with E-state index in [1.807, 2.05) is 54.7 Å². The van der Waals surface area contributed by atoms with Crippen LogP contribution in [0.5, 0.6) is 0 Å². The number of oxime groups is 1. The zero-order valence-corrected chi connectivity index (χ0v) is 13.6. The van der Waals surface area contributed by atoms with E-state index in [1.54, 1.807) is 6.08 Å². The Balaban J connectivity index is 2.00. The molecule has 6 heteroatoms. The second kappa shape index (κ2) is 5.94. The Morgan fingerprint density at radius 1 is 1.32 bits per heavy atom. The molecule has 1 aromatic heterocycles. The molecule has 0 unspecified atom stereocenters. The largest absolute Gasteiger partial charge is 0.378 e. The Morgan fingerprint density at radius 2 is 2.14 bits per heavy atom. The van der Waals surface area contributed by atoms with Crippen LogP contribution in [0.25, 0.3) is 6.08 Å². The highest BCUT2D eigenvalue weighted by molar-refractivity contribution is 7.12. The lowest BCUT2D eigenvalue weighted by Crippen LogP contribution is -2.08. The maximum Gasteiger partial charge on any atom is 0.368 e. The molecule has 0 spiro atoms. The van der Waals surface area contributed by atoms with Crippen LogP contribution in [-0.4, -0.2) is 25.8 Å². The molecule has 1 aromatic carbocycles. The summed E-state index contributed by atoms with van der Waals surface area (Å²) < 4.78 is 0. The van der Waals surface area contributed by atoms with E-state index < -0.39 is 5.97 Å². The molecule has 0 bridgehead atoms. The molecule has 1 aliphatic rings. The first kappa shape index (κ1) is 14.8. The monoisotopic (exact) mass is 332 g/mol. The molecule has 0 aliphatic carbocycles. The topological polar surface area (TPSA) is 41.9 Å². The lowest BCUT2D eigenvalue weighted by molar-refractivity contribution is -0.136. The summed E-state index contributed by atoms with van der Waals surface area (Å²) in [6, 6.07) is 9.48. The van der Waals surface area contributed by atoms with Gasteiger partial charge in [0.25, 0.3) is 0 Å². The SMILES string of the molecule is CN(C)c1ccc(/C=C2/C(=O)ON=C2c2cccs2)c(Cl)c1. The van der Waals surface area contributed by atoms with Crippen LogP contribution in [0.4, 0.5) is 5.69 Å². The Morgan fingerprint density at radius 3 is 2.77 bits per heavy atom. The normalized spacial score (nSPS) is 15.9. The average molecular weight is 333 g/mol. The molecule has 112 valence electrons.